The number of nitrogens with two attached hydrogens (primary N) is 1. The van der Waals surface area contributed by atoms with Gasteiger partial charge in [-0.3, -0.25) is 0 Å². The molecule has 0 saturated heterocycles. The normalized spacial score (nSPS) is 12.1. The monoisotopic (exact) mass is 261 g/mol. The van der Waals surface area contributed by atoms with Crippen LogP contribution in [0, 0.1) is 0 Å². The number of carbonyl (C=O) groups excluding carboxylic acids is 1. The van der Waals surface area contributed by atoms with Crippen LogP contribution in [0.5, 0.6) is 5.75 Å². The Hall–Kier alpha value is -1.03. The van der Waals surface area contributed by atoms with Crippen LogP contribution in [0.2, 0.25) is 0 Å². The molecule has 0 aliphatic rings. The van der Waals surface area contributed by atoms with E-state index in [-0.39, 0.29) is 5.75 Å². The molecule has 0 heterocycles. The first-order valence-corrected chi connectivity index (χ1v) is 4.79. The van der Waals surface area contributed by atoms with Gasteiger partial charge in [0.15, 0.2) is 0 Å². The van der Waals surface area contributed by atoms with Gasteiger partial charge < -0.3 is 0 Å². The van der Waals surface area contributed by atoms with E-state index in [4.69, 9.17) is 10.8 Å². The third-order valence-corrected chi connectivity index (χ3v) is 2.16. The summed E-state index contributed by atoms with van der Waals surface area (Å²) in [6.45, 7) is 0. The predicted octanol–water partition coefficient (Wildman–Crippen LogP) is -0.379. The van der Waals surface area contributed by atoms with Crippen LogP contribution in [-0.2, 0) is 15.0 Å². The van der Waals surface area contributed by atoms with E-state index in [1.54, 1.807) is 40.6 Å². The second-order valence-electron chi connectivity index (χ2n) is 2.89. The molecule has 0 fully saturated rings. The molecule has 3 N–H and O–H groups in total. The van der Waals surface area contributed by atoms with Crippen molar-refractivity contribution in [3.63, 3.8) is 0 Å². The maximum absolute atomic E-state index is 11.0. The van der Waals surface area contributed by atoms with Gasteiger partial charge in [0.05, 0.1) is 0 Å². The van der Waals surface area contributed by atoms with Crippen molar-refractivity contribution >= 4 is 22.3 Å². The SMILES string of the molecule is N[C@@H](Cc1ccc(O)cc1)C(=O)O[SeH]. The number of aromatic hydroxyl groups is 1. The molecule has 1 atom stereocenters. The van der Waals surface area contributed by atoms with Crippen LogP contribution in [-0.4, -0.2) is 33.5 Å². The van der Waals surface area contributed by atoms with Gasteiger partial charge in [0.2, 0.25) is 0 Å². The van der Waals surface area contributed by atoms with Crippen LogP contribution < -0.4 is 5.73 Å². The Morgan fingerprint density at radius 3 is 2.57 bits per heavy atom. The van der Waals surface area contributed by atoms with Crippen molar-refractivity contribution in [1.29, 1.82) is 0 Å². The fourth-order valence-electron chi connectivity index (χ4n) is 1.04. The van der Waals surface area contributed by atoms with E-state index in [0.29, 0.717) is 6.42 Å². The average Bonchev–Trinajstić information content (AvgIpc) is 2.20. The van der Waals surface area contributed by atoms with Crippen LogP contribution in [0.15, 0.2) is 24.3 Å². The van der Waals surface area contributed by atoms with Gasteiger partial charge in [-0.15, -0.1) is 0 Å². The molecule has 4 nitrogen and oxygen atoms in total. The Bertz CT molecular complexity index is 312. The molecule has 0 aromatic heterocycles. The molecule has 76 valence electrons. The fourth-order valence-corrected chi connectivity index (χ4v) is 1.32. The Labute approximate surface area is 90.2 Å². The number of benzene rings is 1. The van der Waals surface area contributed by atoms with E-state index in [1.165, 1.54) is 0 Å². The molecular formula is C9H11NO3Se. The first kappa shape index (κ1) is 11.0. The summed E-state index contributed by atoms with van der Waals surface area (Å²) in [6.07, 6.45) is 0.400. The standard InChI is InChI=1S/C9H11NO3Se/c10-8(9(12)13-14)5-6-1-3-7(11)4-2-6/h1-4,8,11,14H,5,10H2/t8-/m0/s1. The first-order valence-electron chi connectivity index (χ1n) is 4.02. The molecule has 0 radical (unpaired) electrons. The zero-order chi connectivity index (χ0) is 10.6. The van der Waals surface area contributed by atoms with Crippen molar-refractivity contribution in [3.05, 3.63) is 29.8 Å². The third-order valence-electron chi connectivity index (χ3n) is 1.78. The number of hydrogen-bond acceptors (Lipinski definition) is 4. The second-order valence-corrected chi connectivity index (χ2v) is 3.27. The van der Waals surface area contributed by atoms with Gasteiger partial charge in [-0.25, -0.2) is 0 Å². The first-order chi connectivity index (χ1) is 6.63. The zero-order valence-electron chi connectivity index (χ0n) is 7.38. The molecule has 0 saturated carbocycles. The van der Waals surface area contributed by atoms with Crippen molar-refractivity contribution in [3.8, 4) is 5.75 Å². The van der Waals surface area contributed by atoms with Crippen molar-refractivity contribution in [2.75, 3.05) is 0 Å². The summed E-state index contributed by atoms with van der Waals surface area (Å²) in [5.74, 6) is -0.268. The number of phenols is 1. The summed E-state index contributed by atoms with van der Waals surface area (Å²) in [4.78, 5) is 11.0. The summed E-state index contributed by atoms with van der Waals surface area (Å²) in [7, 11) is 0. The van der Waals surface area contributed by atoms with Gasteiger partial charge in [-0.05, 0) is 0 Å². The van der Waals surface area contributed by atoms with E-state index in [0.717, 1.165) is 5.56 Å². The van der Waals surface area contributed by atoms with Crippen LogP contribution in [0.25, 0.3) is 0 Å². The molecule has 14 heavy (non-hydrogen) atoms. The molecule has 0 bridgehead atoms. The summed E-state index contributed by atoms with van der Waals surface area (Å²) in [5.41, 5.74) is 6.43. The molecule has 0 amide bonds. The number of phenolic OH excluding ortho intramolecular Hbond substituents is 1. The predicted molar refractivity (Wildman–Crippen MR) is 53.0 cm³/mol. The van der Waals surface area contributed by atoms with Gasteiger partial charge in [0.25, 0.3) is 0 Å². The summed E-state index contributed by atoms with van der Waals surface area (Å²) in [6, 6.07) is 5.87. The summed E-state index contributed by atoms with van der Waals surface area (Å²) in [5, 5.41) is 9.02. The topological polar surface area (TPSA) is 72.5 Å². The molecule has 5 heteroatoms. The van der Waals surface area contributed by atoms with Crippen LogP contribution >= 0.6 is 0 Å². The van der Waals surface area contributed by atoms with Gasteiger partial charge in [-0.2, -0.15) is 0 Å². The minimum absolute atomic E-state index is 0.192. The molecular weight excluding hydrogens is 249 g/mol. The third kappa shape index (κ3) is 3.03. The van der Waals surface area contributed by atoms with E-state index >= 15 is 0 Å². The summed E-state index contributed by atoms with van der Waals surface area (Å²) < 4.78 is 4.43. The Kier molecular flexibility index (Phi) is 3.95. The average molecular weight is 260 g/mol. The molecule has 0 aliphatic heterocycles. The number of hydrogen-bond donors (Lipinski definition) is 2. The van der Waals surface area contributed by atoms with Crippen molar-refractivity contribution in [1.82, 2.24) is 0 Å². The fraction of sp³-hybridized carbons (Fsp3) is 0.222. The summed E-state index contributed by atoms with van der Waals surface area (Å²) >= 11 is 1.73. The number of carbonyl (C=O) groups is 1. The Morgan fingerprint density at radius 1 is 1.50 bits per heavy atom. The van der Waals surface area contributed by atoms with Crippen LogP contribution in [0.4, 0.5) is 0 Å². The maximum atomic E-state index is 11.0. The van der Waals surface area contributed by atoms with Gasteiger partial charge in [0.1, 0.15) is 0 Å². The van der Waals surface area contributed by atoms with Gasteiger partial charge in [0, 0.05) is 0 Å². The molecule has 1 rings (SSSR count). The van der Waals surface area contributed by atoms with Gasteiger partial charge >= 0.3 is 89.8 Å². The Balaban J connectivity index is 2.60. The van der Waals surface area contributed by atoms with Crippen molar-refractivity contribution in [2.45, 2.75) is 12.5 Å². The molecule has 0 aliphatic carbocycles. The number of rotatable bonds is 3. The Morgan fingerprint density at radius 2 is 2.07 bits per heavy atom. The van der Waals surface area contributed by atoms with Crippen molar-refractivity contribution in [2.24, 2.45) is 5.73 Å². The van der Waals surface area contributed by atoms with E-state index in [9.17, 15) is 4.79 Å². The van der Waals surface area contributed by atoms with E-state index < -0.39 is 12.0 Å². The van der Waals surface area contributed by atoms with E-state index in [1.807, 2.05) is 0 Å². The molecule has 0 spiro atoms. The molecule has 1 aromatic rings. The molecule has 1 aromatic carbocycles. The minimum atomic E-state index is -0.664. The van der Waals surface area contributed by atoms with E-state index in [2.05, 4.69) is 3.82 Å². The second kappa shape index (κ2) is 5.00. The quantitative estimate of drug-likeness (QED) is 0.727. The van der Waals surface area contributed by atoms with Crippen LogP contribution in [0.3, 0.4) is 0 Å². The van der Waals surface area contributed by atoms with Gasteiger partial charge in [-0.1, -0.05) is 0 Å². The van der Waals surface area contributed by atoms with Crippen molar-refractivity contribution < 1.29 is 13.7 Å². The molecule has 0 unspecified atom stereocenters. The zero-order valence-corrected chi connectivity index (χ0v) is 9.26. The van der Waals surface area contributed by atoms with Crippen LogP contribution in [0.1, 0.15) is 5.56 Å².